The van der Waals surface area contributed by atoms with Crippen LogP contribution in [-0.4, -0.2) is 15.5 Å². The van der Waals surface area contributed by atoms with Crippen molar-refractivity contribution in [2.75, 3.05) is 0 Å². The summed E-state index contributed by atoms with van der Waals surface area (Å²) in [6.45, 7) is 4.20. The lowest BCUT2D eigenvalue weighted by atomic mass is 10.2. The van der Waals surface area contributed by atoms with Gasteiger partial charge in [-0.05, 0) is 31.5 Å². The van der Waals surface area contributed by atoms with E-state index in [9.17, 15) is 9.59 Å². The van der Waals surface area contributed by atoms with E-state index in [4.69, 9.17) is 9.15 Å². The van der Waals surface area contributed by atoms with Gasteiger partial charge in [-0.25, -0.2) is 4.98 Å². The van der Waals surface area contributed by atoms with E-state index < -0.39 is 0 Å². The van der Waals surface area contributed by atoms with E-state index in [0.29, 0.717) is 11.1 Å². The van der Waals surface area contributed by atoms with E-state index in [1.807, 2.05) is 44.2 Å². The number of furan rings is 1. The summed E-state index contributed by atoms with van der Waals surface area (Å²) in [5, 5.41) is 1.60. The fourth-order valence-electron chi connectivity index (χ4n) is 2.97. The summed E-state index contributed by atoms with van der Waals surface area (Å²) in [6, 6.07) is 9.47. The number of rotatable bonds is 5. The van der Waals surface area contributed by atoms with Crippen LogP contribution in [0.5, 0.6) is 0 Å². The molecule has 0 aliphatic rings. The summed E-state index contributed by atoms with van der Waals surface area (Å²) in [4.78, 5) is 30.8. The van der Waals surface area contributed by atoms with Crippen molar-refractivity contribution in [1.82, 2.24) is 9.55 Å². The number of carbonyl (C=O) groups is 1. The van der Waals surface area contributed by atoms with Crippen molar-refractivity contribution < 1.29 is 13.9 Å². The maximum Gasteiger partial charge on any atom is 0.308 e. The van der Waals surface area contributed by atoms with Crippen molar-refractivity contribution >= 4 is 38.5 Å². The van der Waals surface area contributed by atoms with Gasteiger partial charge in [0.05, 0.1) is 18.1 Å². The van der Waals surface area contributed by atoms with E-state index in [1.165, 1.54) is 22.2 Å². The maximum atomic E-state index is 12.6. The minimum absolute atomic E-state index is 0.0720. The van der Waals surface area contributed by atoms with Gasteiger partial charge in [0.15, 0.2) is 0 Å². The molecule has 1 aromatic carbocycles. The number of aryl methyl sites for hydroxylation is 3. The number of hydrogen-bond donors (Lipinski definition) is 0. The third kappa shape index (κ3) is 3.38. The van der Waals surface area contributed by atoms with Crippen molar-refractivity contribution in [1.29, 1.82) is 0 Å². The predicted molar refractivity (Wildman–Crippen MR) is 104 cm³/mol. The van der Waals surface area contributed by atoms with Crippen LogP contribution in [0.25, 0.3) is 21.2 Å². The Kier molecular flexibility index (Phi) is 4.53. The fourth-order valence-corrected chi connectivity index (χ4v) is 3.96. The lowest BCUT2D eigenvalue weighted by molar-refractivity contribution is -0.145. The monoisotopic (exact) mass is 382 g/mol. The summed E-state index contributed by atoms with van der Waals surface area (Å²) >= 11 is 1.51. The zero-order chi connectivity index (χ0) is 19.0. The van der Waals surface area contributed by atoms with Crippen LogP contribution >= 0.6 is 11.3 Å². The first-order valence-corrected chi connectivity index (χ1v) is 9.43. The Morgan fingerprint density at radius 1 is 1.30 bits per heavy atom. The first-order chi connectivity index (χ1) is 13.0. The molecule has 0 N–H and O–H groups in total. The standard InChI is InChI=1S/C20H18N2O4S/c1-12-13(2)27-19-18(12)20(24)22(11-21-19)8-7-17(23)25-10-15-9-14-5-3-4-6-16(14)26-15/h3-6,9,11H,7-8,10H2,1-2H3. The molecule has 0 amide bonds. The van der Waals surface area contributed by atoms with E-state index in [-0.39, 0.29) is 31.1 Å². The summed E-state index contributed by atoms with van der Waals surface area (Å²) in [5.74, 6) is 0.204. The highest BCUT2D eigenvalue weighted by Gasteiger charge is 2.13. The number of carbonyl (C=O) groups excluding carboxylic acids is 1. The van der Waals surface area contributed by atoms with Crippen LogP contribution in [-0.2, 0) is 22.7 Å². The molecule has 27 heavy (non-hydrogen) atoms. The third-order valence-electron chi connectivity index (χ3n) is 4.56. The van der Waals surface area contributed by atoms with Gasteiger partial charge < -0.3 is 9.15 Å². The summed E-state index contributed by atoms with van der Waals surface area (Å²) in [5.41, 5.74) is 1.59. The zero-order valence-corrected chi connectivity index (χ0v) is 15.8. The Bertz CT molecular complexity index is 1170. The quantitative estimate of drug-likeness (QED) is 0.489. The van der Waals surface area contributed by atoms with Gasteiger partial charge in [0.1, 0.15) is 22.8 Å². The highest BCUT2D eigenvalue weighted by Crippen LogP contribution is 2.25. The van der Waals surface area contributed by atoms with Crippen molar-refractivity contribution in [3.63, 3.8) is 0 Å². The molecule has 0 saturated heterocycles. The third-order valence-corrected chi connectivity index (χ3v) is 5.68. The molecule has 4 rings (SSSR count). The topological polar surface area (TPSA) is 74.3 Å². The highest BCUT2D eigenvalue weighted by molar-refractivity contribution is 7.18. The molecule has 0 atom stereocenters. The van der Waals surface area contributed by atoms with Crippen molar-refractivity contribution in [2.24, 2.45) is 0 Å². The molecule has 6 nitrogen and oxygen atoms in total. The normalized spacial score (nSPS) is 11.3. The number of ether oxygens (including phenoxy) is 1. The van der Waals surface area contributed by atoms with Gasteiger partial charge >= 0.3 is 5.97 Å². The van der Waals surface area contributed by atoms with Crippen molar-refractivity contribution in [3.05, 3.63) is 63.2 Å². The van der Waals surface area contributed by atoms with Crippen LogP contribution in [0.2, 0.25) is 0 Å². The van der Waals surface area contributed by atoms with Gasteiger partial charge in [-0.2, -0.15) is 0 Å². The highest BCUT2D eigenvalue weighted by atomic mass is 32.1. The molecule has 0 radical (unpaired) electrons. The Hall–Kier alpha value is -2.93. The molecular weight excluding hydrogens is 364 g/mol. The van der Waals surface area contributed by atoms with Gasteiger partial charge in [-0.3, -0.25) is 14.2 Å². The van der Waals surface area contributed by atoms with Gasteiger partial charge in [-0.1, -0.05) is 18.2 Å². The Labute approximate surface area is 159 Å². The number of nitrogens with zero attached hydrogens (tertiary/aromatic N) is 2. The molecule has 0 fully saturated rings. The summed E-state index contributed by atoms with van der Waals surface area (Å²) in [7, 11) is 0. The van der Waals surface area contributed by atoms with Crippen LogP contribution in [0, 0.1) is 13.8 Å². The SMILES string of the molecule is Cc1sc2ncn(CCC(=O)OCc3cc4ccccc4o3)c(=O)c2c1C. The first-order valence-electron chi connectivity index (χ1n) is 8.61. The maximum absolute atomic E-state index is 12.6. The number of hydrogen-bond acceptors (Lipinski definition) is 6. The van der Waals surface area contributed by atoms with Crippen LogP contribution in [0.4, 0.5) is 0 Å². The number of benzene rings is 1. The summed E-state index contributed by atoms with van der Waals surface area (Å²) in [6.07, 6.45) is 1.59. The number of aromatic nitrogens is 2. The molecule has 0 spiro atoms. The number of para-hydroxylation sites is 1. The molecule has 138 valence electrons. The smallest absolute Gasteiger partial charge is 0.308 e. The average molecular weight is 382 g/mol. The van der Waals surface area contributed by atoms with Crippen LogP contribution < -0.4 is 5.56 Å². The molecule has 4 aromatic rings. The summed E-state index contributed by atoms with van der Waals surface area (Å²) < 4.78 is 12.4. The van der Waals surface area contributed by atoms with Crippen LogP contribution in [0.1, 0.15) is 22.6 Å². The van der Waals surface area contributed by atoms with Crippen LogP contribution in [0.3, 0.4) is 0 Å². The van der Waals surface area contributed by atoms with E-state index in [2.05, 4.69) is 4.98 Å². The predicted octanol–water partition coefficient (Wildman–Crippen LogP) is 3.95. The molecule has 0 saturated carbocycles. The van der Waals surface area contributed by atoms with Gasteiger partial charge in [-0.15, -0.1) is 11.3 Å². The van der Waals surface area contributed by atoms with Gasteiger partial charge in [0, 0.05) is 16.8 Å². The van der Waals surface area contributed by atoms with Crippen molar-refractivity contribution in [2.45, 2.75) is 33.4 Å². The Morgan fingerprint density at radius 2 is 2.11 bits per heavy atom. The fraction of sp³-hybridized carbons (Fsp3) is 0.250. The molecule has 0 aliphatic heterocycles. The number of thiophene rings is 1. The lowest BCUT2D eigenvalue weighted by Crippen LogP contribution is -2.22. The largest absolute Gasteiger partial charge is 0.457 e. The molecule has 3 aromatic heterocycles. The molecule has 0 aliphatic carbocycles. The minimum Gasteiger partial charge on any atom is -0.457 e. The zero-order valence-electron chi connectivity index (χ0n) is 15.0. The van der Waals surface area contributed by atoms with E-state index in [0.717, 1.165) is 26.2 Å². The Morgan fingerprint density at radius 3 is 2.93 bits per heavy atom. The van der Waals surface area contributed by atoms with Crippen LogP contribution in [0.15, 0.2) is 45.9 Å². The average Bonchev–Trinajstić information content (AvgIpc) is 3.20. The van der Waals surface area contributed by atoms with E-state index in [1.54, 1.807) is 0 Å². The second-order valence-electron chi connectivity index (χ2n) is 6.37. The molecular formula is C20H18N2O4S. The molecule has 0 unspecified atom stereocenters. The van der Waals surface area contributed by atoms with Gasteiger partial charge in [0.25, 0.3) is 5.56 Å². The minimum atomic E-state index is -0.388. The molecule has 7 heteroatoms. The molecule has 3 heterocycles. The first kappa shape index (κ1) is 17.5. The van der Waals surface area contributed by atoms with E-state index >= 15 is 0 Å². The second kappa shape index (κ2) is 7.00. The lowest BCUT2D eigenvalue weighted by Gasteiger charge is -2.06. The van der Waals surface area contributed by atoms with Crippen molar-refractivity contribution in [3.8, 4) is 0 Å². The number of fused-ring (bicyclic) bond motifs is 2. The van der Waals surface area contributed by atoms with Gasteiger partial charge in [0.2, 0.25) is 0 Å². The molecule has 0 bridgehead atoms. The number of esters is 1. The second-order valence-corrected chi connectivity index (χ2v) is 7.57. The Balaban J connectivity index is 1.40.